The maximum Gasteiger partial charge on any atom is 0.278 e. The summed E-state index contributed by atoms with van der Waals surface area (Å²) < 4.78 is 0. The molecule has 0 spiro atoms. The monoisotopic (exact) mass is 443 g/mol. The minimum absolute atomic E-state index is 0.0320. The van der Waals surface area contributed by atoms with Gasteiger partial charge in [0, 0.05) is 38.8 Å². The van der Waals surface area contributed by atoms with Gasteiger partial charge in [0.25, 0.3) is 11.8 Å². The van der Waals surface area contributed by atoms with Crippen LogP contribution in [0.4, 0.5) is 0 Å². The number of carbonyl (C=O) groups is 2. The summed E-state index contributed by atoms with van der Waals surface area (Å²) >= 11 is 0. The highest BCUT2D eigenvalue weighted by Gasteiger charge is 2.45. The van der Waals surface area contributed by atoms with E-state index in [0.29, 0.717) is 17.2 Å². The summed E-state index contributed by atoms with van der Waals surface area (Å²) in [5.41, 5.74) is 3.39. The van der Waals surface area contributed by atoms with Crippen molar-refractivity contribution in [3.8, 4) is 0 Å². The van der Waals surface area contributed by atoms with E-state index >= 15 is 0 Å². The van der Waals surface area contributed by atoms with Gasteiger partial charge in [-0.05, 0) is 42.7 Å². The van der Waals surface area contributed by atoms with Gasteiger partial charge in [-0.15, -0.1) is 0 Å². The first-order valence-corrected chi connectivity index (χ1v) is 12.3. The Labute approximate surface area is 196 Å². The number of nitrogens with zero attached hydrogens (tertiary/aromatic N) is 3. The van der Waals surface area contributed by atoms with Crippen LogP contribution in [0.25, 0.3) is 5.57 Å². The Hall–Kier alpha value is -2.92. The fourth-order valence-corrected chi connectivity index (χ4v) is 5.59. The zero-order chi connectivity index (χ0) is 22.8. The van der Waals surface area contributed by atoms with Crippen LogP contribution in [0.2, 0.25) is 0 Å². The lowest BCUT2D eigenvalue weighted by Gasteiger charge is -2.37. The van der Waals surface area contributed by atoms with Crippen LogP contribution in [0.1, 0.15) is 43.7 Å². The Morgan fingerprint density at radius 1 is 0.818 bits per heavy atom. The summed E-state index contributed by atoms with van der Waals surface area (Å²) in [6.07, 6.45) is 3.90. The normalized spacial score (nSPS) is 23.0. The van der Waals surface area contributed by atoms with Crippen LogP contribution in [-0.4, -0.2) is 58.7 Å². The Balaban J connectivity index is 1.36. The topological polar surface area (TPSA) is 43.9 Å². The van der Waals surface area contributed by atoms with Crippen LogP contribution in [-0.2, 0) is 16.1 Å². The van der Waals surface area contributed by atoms with Crippen molar-refractivity contribution in [1.82, 2.24) is 14.7 Å². The molecule has 33 heavy (non-hydrogen) atoms. The Bertz CT molecular complexity index is 1030. The van der Waals surface area contributed by atoms with Crippen LogP contribution in [0.3, 0.4) is 0 Å². The van der Waals surface area contributed by atoms with Crippen molar-refractivity contribution < 1.29 is 9.59 Å². The predicted octanol–water partition coefficient (Wildman–Crippen LogP) is 4.16. The van der Waals surface area contributed by atoms with E-state index in [2.05, 4.69) is 41.0 Å². The van der Waals surface area contributed by atoms with Gasteiger partial charge in [-0.1, -0.05) is 67.6 Å². The van der Waals surface area contributed by atoms with Gasteiger partial charge in [0.05, 0.1) is 5.57 Å². The molecule has 1 unspecified atom stereocenters. The van der Waals surface area contributed by atoms with E-state index in [9.17, 15) is 9.59 Å². The van der Waals surface area contributed by atoms with Crippen molar-refractivity contribution in [1.29, 1.82) is 0 Å². The highest BCUT2D eigenvalue weighted by molar-refractivity contribution is 6.35. The minimum Gasteiger partial charge on any atom is -0.366 e. The molecule has 1 atom stereocenters. The third kappa shape index (κ3) is 4.47. The largest absolute Gasteiger partial charge is 0.366 e. The van der Waals surface area contributed by atoms with Crippen molar-refractivity contribution in [3.63, 3.8) is 0 Å². The zero-order valence-corrected chi connectivity index (χ0v) is 19.5. The summed E-state index contributed by atoms with van der Waals surface area (Å²) in [4.78, 5) is 33.7. The molecule has 5 heteroatoms. The molecule has 0 radical (unpaired) electrons. The number of likely N-dealkylation sites (tertiary alicyclic amines) is 2. The molecule has 3 heterocycles. The highest BCUT2D eigenvalue weighted by atomic mass is 16.2. The van der Waals surface area contributed by atoms with Crippen molar-refractivity contribution in [3.05, 3.63) is 77.5 Å². The third-order valence-corrected chi connectivity index (χ3v) is 7.30. The number of hydrogen-bond donors (Lipinski definition) is 0. The van der Waals surface area contributed by atoms with Crippen LogP contribution >= 0.6 is 0 Å². The number of benzene rings is 2. The molecule has 172 valence electrons. The van der Waals surface area contributed by atoms with E-state index in [-0.39, 0.29) is 17.9 Å². The molecule has 0 saturated carbocycles. The lowest BCUT2D eigenvalue weighted by atomic mass is 9.98. The van der Waals surface area contributed by atoms with Crippen LogP contribution < -0.4 is 0 Å². The molecule has 2 saturated heterocycles. The molecular weight excluding hydrogens is 410 g/mol. The van der Waals surface area contributed by atoms with Gasteiger partial charge in [0.2, 0.25) is 0 Å². The van der Waals surface area contributed by atoms with E-state index in [1.165, 1.54) is 12.0 Å². The zero-order valence-electron chi connectivity index (χ0n) is 19.5. The molecule has 3 aliphatic rings. The van der Waals surface area contributed by atoms with E-state index in [1.807, 2.05) is 36.4 Å². The quantitative estimate of drug-likeness (QED) is 0.651. The minimum atomic E-state index is -0.110. The third-order valence-electron chi connectivity index (χ3n) is 7.30. The van der Waals surface area contributed by atoms with Crippen molar-refractivity contribution in [2.24, 2.45) is 5.92 Å². The number of rotatable bonds is 5. The van der Waals surface area contributed by atoms with Crippen molar-refractivity contribution >= 4 is 17.4 Å². The molecule has 2 fully saturated rings. The maximum atomic E-state index is 13.8. The summed E-state index contributed by atoms with van der Waals surface area (Å²) in [7, 11) is 0. The molecule has 0 bridgehead atoms. The summed E-state index contributed by atoms with van der Waals surface area (Å²) in [5.74, 6) is 0.330. The van der Waals surface area contributed by atoms with Crippen LogP contribution in [0.15, 0.2) is 66.4 Å². The average molecular weight is 444 g/mol. The number of amides is 2. The van der Waals surface area contributed by atoms with Gasteiger partial charge in [0.15, 0.2) is 0 Å². The Kier molecular flexibility index (Phi) is 6.32. The van der Waals surface area contributed by atoms with Crippen molar-refractivity contribution in [2.75, 3.05) is 26.2 Å². The second kappa shape index (κ2) is 9.52. The van der Waals surface area contributed by atoms with Crippen LogP contribution in [0, 0.1) is 5.92 Å². The number of piperidine rings is 2. The SMILES string of the molecule is CC1CCCN(C2=C(c3ccccc3)C(=O)N(C3CCN(Cc4ccccc4)CC3)C2=O)C1. The molecule has 5 nitrogen and oxygen atoms in total. The fraction of sp³-hybridized carbons (Fsp3) is 0.429. The van der Waals surface area contributed by atoms with Crippen molar-refractivity contribution in [2.45, 2.75) is 45.2 Å². The first-order valence-electron chi connectivity index (χ1n) is 12.3. The van der Waals surface area contributed by atoms with E-state index in [4.69, 9.17) is 0 Å². The van der Waals surface area contributed by atoms with Gasteiger partial charge >= 0.3 is 0 Å². The standard InChI is InChI=1S/C28H33N3O2/c1-21-9-8-16-30(19-21)26-25(23-12-6-3-7-13-23)27(32)31(28(26)33)24-14-17-29(18-15-24)20-22-10-4-2-5-11-22/h2-7,10-13,21,24H,8-9,14-20H2,1H3. The Morgan fingerprint density at radius 3 is 2.15 bits per heavy atom. The van der Waals surface area contributed by atoms with Gasteiger partial charge in [-0.2, -0.15) is 0 Å². The van der Waals surface area contributed by atoms with E-state index < -0.39 is 0 Å². The summed E-state index contributed by atoms with van der Waals surface area (Å²) in [6.45, 7) is 6.63. The summed E-state index contributed by atoms with van der Waals surface area (Å²) in [6, 6.07) is 20.2. The smallest absolute Gasteiger partial charge is 0.278 e. The lowest BCUT2D eigenvalue weighted by Crippen LogP contribution is -2.48. The molecule has 2 aromatic carbocycles. The van der Waals surface area contributed by atoms with E-state index in [0.717, 1.165) is 57.5 Å². The molecule has 2 aromatic rings. The molecule has 2 amide bonds. The summed E-state index contributed by atoms with van der Waals surface area (Å²) in [5, 5.41) is 0. The van der Waals surface area contributed by atoms with Gasteiger partial charge in [-0.3, -0.25) is 19.4 Å². The molecule has 0 aromatic heterocycles. The fourth-order valence-electron chi connectivity index (χ4n) is 5.59. The van der Waals surface area contributed by atoms with Gasteiger partial charge in [0.1, 0.15) is 5.70 Å². The predicted molar refractivity (Wildman–Crippen MR) is 130 cm³/mol. The van der Waals surface area contributed by atoms with Gasteiger partial charge < -0.3 is 4.90 Å². The van der Waals surface area contributed by atoms with Crippen LogP contribution in [0.5, 0.6) is 0 Å². The molecule has 0 N–H and O–H groups in total. The number of carbonyl (C=O) groups excluding carboxylic acids is 2. The second-order valence-corrected chi connectivity index (χ2v) is 9.76. The molecule has 3 aliphatic heterocycles. The average Bonchev–Trinajstić information content (AvgIpc) is 3.11. The maximum absolute atomic E-state index is 13.8. The molecule has 5 rings (SSSR count). The first-order chi connectivity index (χ1) is 16.1. The highest BCUT2D eigenvalue weighted by Crippen LogP contribution is 2.36. The number of imide groups is 1. The van der Waals surface area contributed by atoms with Gasteiger partial charge in [-0.25, -0.2) is 0 Å². The molecular formula is C28H33N3O2. The Morgan fingerprint density at radius 2 is 1.48 bits per heavy atom. The second-order valence-electron chi connectivity index (χ2n) is 9.76. The first kappa shape index (κ1) is 21.9. The lowest BCUT2D eigenvalue weighted by molar-refractivity contribution is -0.141. The molecule has 0 aliphatic carbocycles. The number of hydrogen-bond acceptors (Lipinski definition) is 4. The van der Waals surface area contributed by atoms with E-state index in [1.54, 1.807) is 4.90 Å².